The van der Waals surface area contributed by atoms with Gasteiger partial charge in [-0.3, -0.25) is 9.59 Å². The SMILES string of the molecule is O=C(CCc1ccc(O)cc1)N1CC[C@@]23O[C@@H](c4ccccc4)CN2C(=O)C[C@@H]13. The number of phenols is 1. The molecule has 3 heterocycles. The third-order valence-electron chi connectivity index (χ3n) is 6.48. The van der Waals surface area contributed by atoms with E-state index in [0.717, 1.165) is 11.1 Å². The molecule has 0 bridgehead atoms. The summed E-state index contributed by atoms with van der Waals surface area (Å²) >= 11 is 0. The van der Waals surface area contributed by atoms with Gasteiger partial charge in [0.15, 0.2) is 5.72 Å². The second-order valence-electron chi connectivity index (χ2n) is 8.09. The van der Waals surface area contributed by atoms with Gasteiger partial charge in [-0.15, -0.1) is 0 Å². The first kappa shape index (κ1) is 18.2. The maximum absolute atomic E-state index is 13.0. The van der Waals surface area contributed by atoms with E-state index < -0.39 is 5.72 Å². The van der Waals surface area contributed by atoms with Gasteiger partial charge in [0.25, 0.3) is 0 Å². The van der Waals surface area contributed by atoms with Crippen LogP contribution in [0.1, 0.15) is 36.5 Å². The highest BCUT2D eigenvalue weighted by molar-refractivity contribution is 5.85. The number of likely N-dealkylation sites (tertiary alicyclic amines) is 1. The number of hydrogen-bond donors (Lipinski definition) is 1. The number of benzene rings is 2. The van der Waals surface area contributed by atoms with E-state index in [1.165, 1.54) is 0 Å². The molecule has 29 heavy (non-hydrogen) atoms. The second-order valence-corrected chi connectivity index (χ2v) is 8.09. The molecule has 1 spiro atoms. The van der Waals surface area contributed by atoms with Crippen LogP contribution in [0.2, 0.25) is 0 Å². The lowest BCUT2D eigenvalue weighted by molar-refractivity contribution is -0.142. The smallest absolute Gasteiger partial charge is 0.227 e. The van der Waals surface area contributed by atoms with Gasteiger partial charge in [0.05, 0.1) is 19.0 Å². The highest BCUT2D eigenvalue weighted by Crippen LogP contribution is 2.50. The molecule has 2 aromatic rings. The third-order valence-corrected chi connectivity index (χ3v) is 6.48. The fourth-order valence-electron chi connectivity index (χ4n) is 5.02. The zero-order valence-electron chi connectivity index (χ0n) is 16.2. The normalized spacial score (nSPS) is 27.9. The Kier molecular flexibility index (Phi) is 4.32. The minimum atomic E-state index is -0.675. The minimum Gasteiger partial charge on any atom is -0.508 e. The van der Waals surface area contributed by atoms with Crippen molar-refractivity contribution in [2.75, 3.05) is 13.1 Å². The maximum atomic E-state index is 13.0. The highest BCUT2D eigenvalue weighted by atomic mass is 16.5. The van der Waals surface area contributed by atoms with Crippen molar-refractivity contribution in [3.05, 3.63) is 65.7 Å². The maximum Gasteiger partial charge on any atom is 0.227 e. The van der Waals surface area contributed by atoms with Gasteiger partial charge in [0.1, 0.15) is 11.9 Å². The summed E-state index contributed by atoms with van der Waals surface area (Å²) in [6.07, 6.45) is 1.85. The van der Waals surface area contributed by atoms with Gasteiger partial charge in [-0.25, -0.2) is 0 Å². The number of ether oxygens (including phenoxy) is 1. The average Bonchev–Trinajstić information content (AvgIpc) is 3.36. The monoisotopic (exact) mass is 392 g/mol. The summed E-state index contributed by atoms with van der Waals surface area (Å²) < 4.78 is 6.49. The minimum absolute atomic E-state index is 0.0568. The van der Waals surface area contributed by atoms with E-state index in [9.17, 15) is 14.7 Å². The lowest BCUT2D eigenvalue weighted by Crippen LogP contribution is -2.48. The molecule has 3 aliphatic heterocycles. The van der Waals surface area contributed by atoms with Crippen molar-refractivity contribution >= 4 is 11.8 Å². The van der Waals surface area contributed by atoms with Crippen molar-refractivity contribution in [2.45, 2.75) is 43.6 Å². The molecule has 0 radical (unpaired) electrons. The Hall–Kier alpha value is -2.86. The summed E-state index contributed by atoms with van der Waals surface area (Å²) in [5.74, 6) is 0.350. The Balaban J connectivity index is 1.30. The molecule has 3 saturated heterocycles. The largest absolute Gasteiger partial charge is 0.508 e. The number of carbonyl (C=O) groups excluding carboxylic acids is 2. The number of nitrogens with zero attached hydrogens (tertiary/aromatic N) is 2. The third kappa shape index (κ3) is 2.99. The van der Waals surface area contributed by atoms with Gasteiger partial charge >= 0.3 is 0 Å². The number of amides is 2. The summed E-state index contributed by atoms with van der Waals surface area (Å²) in [7, 11) is 0. The van der Waals surface area contributed by atoms with Crippen LogP contribution in [-0.2, 0) is 20.7 Å². The summed E-state index contributed by atoms with van der Waals surface area (Å²) in [5, 5.41) is 9.40. The summed E-state index contributed by atoms with van der Waals surface area (Å²) in [4.78, 5) is 29.4. The number of phenolic OH excluding ortho intramolecular Hbond substituents is 1. The van der Waals surface area contributed by atoms with E-state index >= 15 is 0 Å². The van der Waals surface area contributed by atoms with E-state index in [0.29, 0.717) is 38.8 Å². The van der Waals surface area contributed by atoms with Crippen LogP contribution in [0.25, 0.3) is 0 Å². The highest BCUT2D eigenvalue weighted by Gasteiger charge is 2.64. The van der Waals surface area contributed by atoms with Crippen molar-refractivity contribution in [1.82, 2.24) is 9.80 Å². The predicted octanol–water partition coefficient (Wildman–Crippen LogP) is 2.63. The molecular weight excluding hydrogens is 368 g/mol. The Labute approximate surface area is 169 Å². The molecule has 0 aromatic heterocycles. The number of aryl methyl sites for hydroxylation is 1. The zero-order chi connectivity index (χ0) is 20.0. The number of hydrogen-bond acceptors (Lipinski definition) is 4. The van der Waals surface area contributed by atoms with Crippen LogP contribution < -0.4 is 0 Å². The first-order valence-electron chi connectivity index (χ1n) is 10.2. The van der Waals surface area contributed by atoms with E-state index in [1.807, 2.05) is 52.3 Å². The molecule has 3 aliphatic rings. The Bertz CT molecular complexity index is 930. The molecule has 6 nitrogen and oxygen atoms in total. The molecule has 0 unspecified atom stereocenters. The molecule has 3 atom stereocenters. The number of aromatic hydroxyl groups is 1. The Morgan fingerprint density at radius 1 is 1.14 bits per heavy atom. The summed E-state index contributed by atoms with van der Waals surface area (Å²) in [6, 6.07) is 16.7. The molecule has 5 rings (SSSR count). The van der Waals surface area contributed by atoms with Crippen LogP contribution in [0, 0.1) is 0 Å². The molecule has 150 valence electrons. The number of rotatable bonds is 4. The second kappa shape index (κ2) is 6.88. The number of carbonyl (C=O) groups is 2. The van der Waals surface area contributed by atoms with Crippen molar-refractivity contribution in [3.63, 3.8) is 0 Å². The molecule has 1 N–H and O–H groups in total. The molecule has 0 aliphatic carbocycles. The van der Waals surface area contributed by atoms with Gasteiger partial charge in [-0.1, -0.05) is 42.5 Å². The molecule has 3 fully saturated rings. The molecular formula is C23H24N2O4. The Morgan fingerprint density at radius 2 is 1.90 bits per heavy atom. The Morgan fingerprint density at radius 3 is 2.66 bits per heavy atom. The lowest BCUT2D eigenvalue weighted by Gasteiger charge is -2.32. The molecule has 0 saturated carbocycles. The van der Waals surface area contributed by atoms with Crippen LogP contribution in [0.5, 0.6) is 5.75 Å². The molecule has 2 aromatic carbocycles. The standard InChI is InChI=1S/C23H24N2O4/c26-18-9-6-16(7-10-18)8-11-21(27)24-13-12-23-20(24)14-22(28)25(23)15-19(29-23)17-4-2-1-3-5-17/h1-7,9-10,19-20,26H,8,11-15H2/t19-,20-,23+/m1/s1. The fourth-order valence-corrected chi connectivity index (χ4v) is 5.02. The van der Waals surface area contributed by atoms with Gasteiger partial charge in [0, 0.05) is 19.4 Å². The van der Waals surface area contributed by atoms with E-state index in [1.54, 1.807) is 12.1 Å². The van der Waals surface area contributed by atoms with Crippen LogP contribution in [0.15, 0.2) is 54.6 Å². The molecule has 6 heteroatoms. The average molecular weight is 392 g/mol. The van der Waals surface area contributed by atoms with E-state index in [2.05, 4.69) is 0 Å². The topological polar surface area (TPSA) is 70.1 Å². The van der Waals surface area contributed by atoms with Gasteiger partial charge in [-0.05, 0) is 29.7 Å². The van der Waals surface area contributed by atoms with Crippen LogP contribution in [0.3, 0.4) is 0 Å². The van der Waals surface area contributed by atoms with Crippen LogP contribution in [-0.4, -0.2) is 51.6 Å². The van der Waals surface area contributed by atoms with Gasteiger partial charge in [-0.2, -0.15) is 0 Å². The lowest BCUT2D eigenvalue weighted by atomic mass is 10.1. The van der Waals surface area contributed by atoms with Crippen molar-refractivity contribution in [2.24, 2.45) is 0 Å². The summed E-state index contributed by atoms with van der Waals surface area (Å²) in [6.45, 7) is 1.17. The van der Waals surface area contributed by atoms with Crippen molar-refractivity contribution < 1.29 is 19.4 Å². The zero-order valence-corrected chi connectivity index (χ0v) is 16.2. The van der Waals surface area contributed by atoms with E-state index in [-0.39, 0.29) is 29.7 Å². The molecule has 2 amide bonds. The first-order valence-corrected chi connectivity index (χ1v) is 10.2. The van der Waals surface area contributed by atoms with Crippen molar-refractivity contribution in [3.8, 4) is 5.75 Å². The fraction of sp³-hybridized carbons (Fsp3) is 0.391. The van der Waals surface area contributed by atoms with E-state index in [4.69, 9.17) is 4.74 Å². The van der Waals surface area contributed by atoms with Crippen LogP contribution in [0.4, 0.5) is 0 Å². The van der Waals surface area contributed by atoms with Gasteiger partial charge < -0.3 is 19.6 Å². The van der Waals surface area contributed by atoms with Crippen molar-refractivity contribution in [1.29, 1.82) is 0 Å². The summed E-state index contributed by atoms with van der Waals surface area (Å²) in [5.41, 5.74) is 1.40. The van der Waals surface area contributed by atoms with Crippen LogP contribution >= 0.6 is 0 Å². The predicted molar refractivity (Wildman–Crippen MR) is 106 cm³/mol. The quantitative estimate of drug-likeness (QED) is 0.868. The first-order chi connectivity index (χ1) is 14.1. The van der Waals surface area contributed by atoms with Gasteiger partial charge in [0.2, 0.25) is 11.8 Å².